The molecule has 0 N–H and O–H groups in total. The number of aryl methyl sites for hydroxylation is 1. The first-order valence-electron chi connectivity index (χ1n) is 9.68. The molecule has 0 aliphatic heterocycles. The maximum atomic E-state index is 13.6. The summed E-state index contributed by atoms with van der Waals surface area (Å²) in [6, 6.07) is 14.5. The highest BCUT2D eigenvalue weighted by molar-refractivity contribution is 6.25. The Kier molecular flexibility index (Phi) is 6.94. The van der Waals surface area contributed by atoms with Crippen LogP contribution in [0.5, 0.6) is 23.0 Å². The predicted molar refractivity (Wildman–Crippen MR) is 119 cm³/mol. The normalized spacial score (nSPS) is 10.3. The van der Waals surface area contributed by atoms with Gasteiger partial charge in [-0.1, -0.05) is 6.07 Å². The van der Waals surface area contributed by atoms with Crippen LogP contribution in [0.4, 0.5) is 5.82 Å². The molecule has 3 rings (SSSR count). The van der Waals surface area contributed by atoms with Gasteiger partial charge in [-0.3, -0.25) is 9.59 Å². The number of ether oxygens (including phenoxy) is 4. The number of rotatable bonds is 7. The Morgan fingerprint density at radius 1 is 0.688 bits per heavy atom. The molecule has 8 nitrogen and oxygen atoms in total. The number of carbonyl (C=O) groups excluding carboxylic acids is 2. The van der Waals surface area contributed by atoms with Crippen molar-refractivity contribution in [2.45, 2.75) is 6.92 Å². The van der Waals surface area contributed by atoms with Crippen molar-refractivity contribution in [1.29, 1.82) is 0 Å². The molecule has 3 aromatic rings. The van der Waals surface area contributed by atoms with Crippen LogP contribution in [0.2, 0.25) is 0 Å². The lowest BCUT2D eigenvalue weighted by molar-refractivity contribution is 0.0895. The van der Waals surface area contributed by atoms with E-state index in [1.807, 2.05) is 0 Å². The van der Waals surface area contributed by atoms with Crippen LogP contribution in [-0.4, -0.2) is 45.2 Å². The predicted octanol–water partition coefficient (Wildman–Crippen LogP) is 3.91. The highest BCUT2D eigenvalue weighted by Gasteiger charge is 2.29. The standard InChI is InChI=1S/C24H24N2O6/c1-15-7-6-8-22(25-15)26(23(27)16-9-18(29-2)13-19(10-16)30-3)24(28)17-11-20(31-4)14-21(12-17)32-5/h6-14H,1-5H3. The van der Waals surface area contributed by atoms with Crippen LogP contribution in [-0.2, 0) is 0 Å². The fraction of sp³-hybridized carbons (Fsp3) is 0.208. The maximum absolute atomic E-state index is 13.6. The van der Waals surface area contributed by atoms with E-state index in [1.165, 1.54) is 52.7 Å². The first-order chi connectivity index (χ1) is 15.4. The van der Waals surface area contributed by atoms with Crippen molar-refractivity contribution < 1.29 is 28.5 Å². The lowest BCUT2D eigenvalue weighted by Crippen LogP contribution is -2.38. The van der Waals surface area contributed by atoms with Gasteiger partial charge in [0.2, 0.25) is 0 Å². The van der Waals surface area contributed by atoms with E-state index >= 15 is 0 Å². The summed E-state index contributed by atoms with van der Waals surface area (Å²) in [6.45, 7) is 1.78. The molecule has 0 atom stereocenters. The van der Waals surface area contributed by atoms with Crippen LogP contribution in [0.1, 0.15) is 26.4 Å². The molecule has 32 heavy (non-hydrogen) atoms. The zero-order valence-electron chi connectivity index (χ0n) is 18.5. The van der Waals surface area contributed by atoms with Crippen molar-refractivity contribution in [3.05, 3.63) is 71.4 Å². The molecule has 166 valence electrons. The highest BCUT2D eigenvalue weighted by atomic mass is 16.5. The van der Waals surface area contributed by atoms with Crippen LogP contribution < -0.4 is 23.8 Å². The third-order valence-electron chi connectivity index (χ3n) is 4.71. The molecular weight excluding hydrogens is 412 g/mol. The van der Waals surface area contributed by atoms with E-state index < -0.39 is 11.8 Å². The molecule has 0 spiro atoms. The summed E-state index contributed by atoms with van der Waals surface area (Å²) in [7, 11) is 5.93. The molecule has 0 unspecified atom stereocenters. The summed E-state index contributed by atoms with van der Waals surface area (Å²) < 4.78 is 21.1. The number of nitrogens with zero attached hydrogens (tertiary/aromatic N) is 2. The summed E-state index contributed by atoms with van der Waals surface area (Å²) in [5.41, 5.74) is 1.06. The van der Waals surface area contributed by atoms with Gasteiger partial charge < -0.3 is 18.9 Å². The number of imide groups is 1. The molecule has 1 aromatic heterocycles. The molecule has 2 aromatic carbocycles. The first kappa shape index (κ1) is 22.6. The Labute approximate surface area is 186 Å². The molecule has 0 saturated heterocycles. The van der Waals surface area contributed by atoms with Crippen LogP contribution in [0, 0.1) is 6.92 Å². The van der Waals surface area contributed by atoms with E-state index in [9.17, 15) is 9.59 Å². The second kappa shape index (κ2) is 9.82. The SMILES string of the molecule is COc1cc(OC)cc(C(=O)N(C(=O)c2cc(OC)cc(OC)c2)c2cccc(C)n2)c1. The minimum atomic E-state index is -0.591. The molecule has 0 aliphatic rings. The van der Waals surface area contributed by atoms with Crippen LogP contribution >= 0.6 is 0 Å². The number of benzene rings is 2. The third-order valence-corrected chi connectivity index (χ3v) is 4.71. The molecule has 0 saturated carbocycles. The minimum Gasteiger partial charge on any atom is -0.497 e. The molecular formula is C24H24N2O6. The Hall–Kier alpha value is -4.07. The van der Waals surface area contributed by atoms with Crippen molar-refractivity contribution >= 4 is 17.6 Å². The third kappa shape index (κ3) is 4.80. The number of carbonyl (C=O) groups is 2. The summed E-state index contributed by atoms with van der Waals surface area (Å²) >= 11 is 0. The quantitative estimate of drug-likeness (QED) is 0.519. The fourth-order valence-electron chi connectivity index (χ4n) is 3.07. The van der Waals surface area contributed by atoms with Gasteiger partial charge >= 0.3 is 0 Å². The fourth-order valence-corrected chi connectivity index (χ4v) is 3.07. The van der Waals surface area contributed by atoms with E-state index in [1.54, 1.807) is 37.3 Å². The topological polar surface area (TPSA) is 87.2 Å². The molecule has 2 amide bonds. The summed E-state index contributed by atoms with van der Waals surface area (Å²) in [4.78, 5) is 32.6. The summed E-state index contributed by atoms with van der Waals surface area (Å²) in [5, 5.41) is 0. The molecule has 0 fully saturated rings. The van der Waals surface area contributed by atoms with Gasteiger partial charge in [0, 0.05) is 29.0 Å². The van der Waals surface area contributed by atoms with E-state index in [-0.39, 0.29) is 16.9 Å². The molecule has 0 bridgehead atoms. The van der Waals surface area contributed by atoms with Gasteiger partial charge in [0.05, 0.1) is 28.4 Å². The second-order valence-electron chi connectivity index (χ2n) is 6.79. The minimum absolute atomic E-state index is 0.184. The van der Waals surface area contributed by atoms with Crippen molar-refractivity contribution in [2.75, 3.05) is 33.3 Å². The van der Waals surface area contributed by atoms with Gasteiger partial charge in [-0.2, -0.15) is 0 Å². The monoisotopic (exact) mass is 436 g/mol. The number of hydrogen-bond acceptors (Lipinski definition) is 7. The van der Waals surface area contributed by atoms with Gasteiger partial charge in [-0.05, 0) is 43.3 Å². The maximum Gasteiger partial charge on any atom is 0.266 e. The first-order valence-corrected chi connectivity index (χ1v) is 9.68. The smallest absolute Gasteiger partial charge is 0.266 e. The van der Waals surface area contributed by atoms with Crippen LogP contribution in [0.15, 0.2) is 54.6 Å². The number of methoxy groups -OCH3 is 4. The van der Waals surface area contributed by atoms with Crippen molar-refractivity contribution in [2.24, 2.45) is 0 Å². The molecule has 0 radical (unpaired) electrons. The van der Waals surface area contributed by atoms with Gasteiger partial charge in [-0.25, -0.2) is 9.88 Å². The Bertz CT molecular complexity index is 1030. The summed E-state index contributed by atoms with van der Waals surface area (Å²) in [5.74, 6) is 0.671. The van der Waals surface area contributed by atoms with Crippen molar-refractivity contribution in [1.82, 2.24) is 4.98 Å². The zero-order valence-corrected chi connectivity index (χ0v) is 18.5. The largest absolute Gasteiger partial charge is 0.497 e. The number of pyridine rings is 1. The average molecular weight is 436 g/mol. The van der Waals surface area contributed by atoms with Crippen molar-refractivity contribution in [3.8, 4) is 23.0 Å². The Morgan fingerprint density at radius 2 is 1.09 bits per heavy atom. The highest BCUT2D eigenvalue weighted by Crippen LogP contribution is 2.28. The van der Waals surface area contributed by atoms with Gasteiger partial charge in [-0.15, -0.1) is 0 Å². The Morgan fingerprint density at radius 3 is 1.44 bits per heavy atom. The number of hydrogen-bond donors (Lipinski definition) is 0. The van der Waals surface area contributed by atoms with Crippen LogP contribution in [0.3, 0.4) is 0 Å². The molecule has 1 heterocycles. The van der Waals surface area contributed by atoms with Crippen LogP contribution in [0.25, 0.3) is 0 Å². The summed E-state index contributed by atoms with van der Waals surface area (Å²) in [6.07, 6.45) is 0. The number of aromatic nitrogens is 1. The van der Waals surface area contributed by atoms with Gasteiger partial charge in [0.15, 0.2) is 0 Å². The van der Waals surface area contributed by atoms with Crippen molar-refractivity contribution in [3.63, 3.8) is 0 Å². The lowest BCUT2D eigenvalue weighted by Gasteiger charge is -2.21. The van der Waals surface area contributed by atoms with E-state index in [0.717, 1.165) is 4.90 Å². The molecule has 0 aliphatic carbocycles. The zero-order chi connectivity index (χ0) is 23.3. The Balaban J connectivity index is 2.15. The van der Waals surface area contributed by atoms with E-state index in [2.05, 4.69) is 4.98 Å². The molecule has 8 heteroatoms. The number of amides is 2. The van der Waals surface area contributed by atoms with E-state index in [4.69, 9.17) is 18.9 Å². The van der Waals surface area contributed by atoms with Gasteiger partial charge in [0.25, 0.3) is 11.8 Å². The lowest BCUT2D eigenvalue weighted by atomic mass is 10.1. The average Bonchev–Trinajstić information content (AvgIpc) is 2.83. The van der Waals surface area contributed by atoms with Gasteiger partial charge in [0.1, 0.15) is 28.8 Å². The van der Waals surface area contributed by atoms with E-state index in [0.29, 0.717) is 28.7 Å². The second-order valence-corrected chi connectivity index (χ2v) is 6.79. The number of anilines is 1.